The van der Waals surface area contributed by atoms with Gasteiger partial charge < -0.3 is 25.8 Å². The molecule has 3 atom stereocenters. The zero-order chi connectivity index (χ0) is 22.5. The van der Waals surface area contributed by atoms with Crippen LogP contribution in [-0.2, 0) is 20.9 Å². The van der Waals surface area contributed by atoms with Gasteiger partial charge in [0.2, 0.25) is 11.8 Å². The molecule has 8 heteroatoms. The van der Waals surface area contributed by atoms with Crippen LogP contribution in [-0.4, -0.2) is 47.7 Å². The van der Waals surface area contributed by atoms with Crippen molar-refractivity contribution in [3.63, 3.8) is 0 Å². The minimum atomic E-state index is -0.875. The standard InChI is InChI=1S/C22H35N3O5/c1-5-9-18(13-26)24-21(28)19(12-15(2)3)25-20(27)16(4)23-22(29)30-14-17-10-7-6-8-11-17/h6-8,10-11,15-16,18-19,26H,5,9,12-14H2,1-4H3,(H,23,29)(H,24,28)(H,25,27)/t16-,18-,19-/m0/s1. The summed E-state index contributed by atoms with van der Waals surface area (Å²) in [5, 5.41) is 17.4. The molecule has 0 aromatic heterocycles. The zero-order valence-electron chi connectivity index (χ0n) is 18.3. The molecule has 4 N–H and O–H groups in total. The maximum Gasteiger partial charge on any atom is 0.408 e. The summed E-state index contributed by atoms with van der Waals surface area (Å²) in [5.41, 5.74) is 0.837. The van der Waals surface area contributed by atoms with E-state index in [1.165, 1.54) is 6.92 Å². The van der Waals surface area contributed by atoms with E-state index < -0.39 is 24.1 Å². The molecule has 1 aromatic carbocycles. The van der Waals surface area contributed by atoms with E-state index in [1.807, 2.05) is 51.1 Å². The van der Waals surface area contributed by atoms with Gasteiger partial charge in [0, 0.05) is 0 Å². The van der Waals surface area contributed by atoms with Gasteiger partial charge in [-0.25, -0.2) is 4.79 Å². The third-order valence-corrected chi connectivity index (χ3v) is 4.48. The van der Waals surface area contributed by atoms with Crippen molar-refractivity contribution in [3.8, 4) is 0 Å². The Bertz CT molecular complexity index is 666. The summed E-state index contributed by atoms with van der Waals surface area (Å²) in [6.07, 6.45) is 1.19. The Balaban J connectivity index is 2.59. The summed E-state index contributed by atoms with van der Waals surface area (Å²) in [4.78, 5) is 37.1. The molecular formula is C22H35N3O5. The number of ether oxygens (including phenoxy) is 1. The minimum absolute atomic E-state index is 0.0966. The fourth-order valence-corrected chi connectivity index (χ4v) is 2.87. The molecule has 0 saturated carbocycles. The predicted octanol–water partition coefficient (Wildman–Crippen LogP) is 2.11. The molecule has 0 aliphatic carbocycles. The van der Waals surface area contributed by atoms with Crippen molar-refractivity contribution in [1.82, 2.24) is 16.0 Å². The molecule has 1 aromatic rings. The van der Waals surface area contributed by atoms with Gasteiger partial charge >= 0.3 is 6.09 Å². The first kappa shape index (κ1) is 25.4. The number of carbonyl (C=O) groups is 3. The molecule has 0 bridgehead atoms. The van der Waals surface area contributed by atoms with Crippen LogP contribution in [0.5, 0.6) is 0 Å². The number of aliphatic hydroxyl groups excluding tert-OH is 1. The third kappa shape index (κ3) is 9.73. The van der Waals surface area contributed by atoms with Crippen LogP contribution >= 0.6 is 0 Å². The lowest BCUT2D eigenvalue weighted by Crippen LogP contribution is -2.54. The van der Waals surface area contributed by atoms with Crippen molar-refractivity contribution in [2.75, 3.05) is 6.61 Å². The van der Waals surface area contributed by atoms with Crippen LogP contribution in [0.4, 0.5) is 4.79 Å². The van der Waals surface area contributed by atoms with Gasteiger partial charge in [0.15, 0.2) is 0 Å². The van der Waals surface area contributed by atoms with Crippen LogP contribution in [0.1, 0.15) is 52.5 Å². The molecule has 30 heavy (non-hydrogen) atoms. The third-order valence-electron chi connectivity index (χ3n) is 4.48. The largest absolute Gasteiger partial charge is 0.445 e. The second-order valence-electron chi connectivity index (χ2n) is 7.80. The molecule has 0 spiro atoms. The van der Waals surface area contributed by atoms with Gasteiger partial charge in [0.05, 0.1) is 12.6 Å². The molecule has 1 rings (SSSR count). The molecule has 3 amide bonds. The van der Waals surface area contributed by atoms with E-state index in [1.54, 1.807) is 0 Å². The van der Waals surface area contributed by atoms with E-state index in [2.05, 4.69) is 16.0 Å². The number of nitrogens with one attached hydrogen (secondary N) is 3. The number of aliphatic hydroxyl groups is 1. The Labute approximate surface area is 178 Å². The summed E-state index contributed by atoms with van der Waals surface area (Å²) in [5.74, 6) is -0.661. The molecule has 0 radical (unpaired) electrons. The number of rotatable bonds is 12. The van der Waals surface area contributed by atoms with E-state index in [-0.39, 0.29) is 31.1 Å². The van der Waals surface area contributed by atoms with E-state index in [4.69, 9.17) is 4.74 Å². The Morgan fingerprint density at radius 3 is 2.23 bits per heavy atom. The molecular weight excluding hydrogens is 386 g/mol. The first-order chi connectivity index (χ1) is 14.3. The smallest absolute Gasteiger partial charge is 0.408 e. The van der Waals surface area contributed by atoms with Crippen molar-refractivity contribution in [1.29, 1.82) is 0 Å². The first-order valence-electron chi connectivity index (χ1n) is 10.5. The van der Waals surface area contributed by atoms with Crippen molar-refractivity contribution in [2.45, 2.75) is 71.7 Å². The monoisotopic (exact) mass is 421 g/mol. The molecule has 0 fully saturated rings. The lowest BCUT2D eigenvalue weighted by Gasteiger charge is -2.25. The lowest BCUT2D eigenvalue weighted by molar-refractivity contribution is -0.130. The average molecular weight is 422 g/mol. The van der Waals surface area contributed by atoms with E-state index in [0.717, 1.165) is 12.0 Å². The predicted molar refractivity (Wildman–Crippen MR) is 115 cm³/mol. The highest BCUT2D eigenvalue weighted by molar-refractivity contribution is 5.91. The van der Waals surface area contributed by atoms with Gasteiger partial charge in [-0.15, -0.1) is 0 Å². The van der Waals surface area contributed by atoms with Gasteiger partial charge in [-0.3, -0.25) is 9.59 Å². The summed E-state index contributed by atoms with van der Waals surface area (Å²) < 4.78 is 5.12. The molecule has 0 unspecified atom stereocenters. The highest BCUT2D eigenvalue weighted by atomic mass is 16.5. The van der Waals surface area contributed by atoms with Gasteiger partial charge in [0.1, 0.15) is 18.7 Å². The van der Waals surface area contributed by atoms with Crippen LogP contribution in [0.25, 0.3) is 0 Å². The SMILES string of the molecule is CCC[C@@H](CO)NC(=O)[C@H](CC(C)C)NC(=O)[C@H](C)NC(=O)OCc1ccccc1. The van der Waals surface area contributed by atoms with Crippen LogP contribution in [0, 0.1) is 5.92 Å². The molecule has 0 saturated heterocycles. The van der Waals surface area contributed by atoms with Gasteiger partial charge in [-0.1, -0.05) is 57.5 Å². The average Bonchev–Trinajstić information content (AvgIpc) is 2.71. The van der Waals surface area contributed by atoms with Gasteiger partial charge in [0.25, 0.3) is 0 Å². The summed E-state index contributed by atoms with van der Waals surface area (Å²) in [7, 11) is 0. The van der Waals surface area contributed by atoms with Crippen molar-refractivity contribution in [2.24, 2.45) is 5.92 Å². The van der Waals surface area contributed by atoms with Crippen LogP contribution < -0.4 is 16.0 Å². The topological polar surface area (TPSA) is 117 Å². The molecule has 8 nitrogen and oxygen atoms in total. The zero-order valence-corrected chi connectivity index (χ0v) is 18.3. The molecule has 0 heterocycles. The molecule has 0 aliphatic heterocycles. The first-order valence-corrected chi connectivity index (χ1v) is 10.5. The normalized spacial score (nSPS) is 13.8. The number of hydrogen-bond acceptors (Lipinski definition) is 5. The summed E-state index contributed by atoms with van der Waals surface area (Å²) in [6, 6.07) is 7.23. The number of hydrogen-bond donors (Lipinski definition) is 4. The maximum absolute atomic E-state index is 12.6. The fraction of sp³-hybridized carbons (Fsp3) is 0.591. The number of carbonyl (C=O) groups excluding carboxylic acids is 3. The van der Waals surface area contributed by atoms with Crippen molar-refractivity contribution < 1.29 is 24.2 Å². The maximum atomic E-state index is 12.6. The Morgan fingerprint density at radius 2 is 1.67 bits per heavy atom. The van der Waals surface area contributed by atoms with Crippen molar-refractivity contribution >= 4 is 17.9 Å². The number of amides is 3. The Kier molecular flexibility index (Phi) is 11.5. The quantitative estimate of drug-likeness (QED) is 0.412. The van der Waals surface area contributed by atoms with Gasteiger partial charge in [-0.05, 0) is 31.2 Å². The Hall–Kier alpha value is -2.61. The van der Waals surface area contributed by atoms with Crippen LogP contribution in [0.3, 0.4) is 0 Å². The fourth-order valence-electron chi connectivity index (χ4n) is 2.87. The second-order valence-corrected chi connectivity index (χ2v) is 7.80. The highest BCUT2D eigenvalue weighted by Gasteiger charge is 2.26. The van der Waals surface area contributed by atoms with E-state index in [0.29, 0.717) is 12.8 Å². The molecule has 0 aliphatic rings. The second kappa shape index (κ2) is 13.6. The number of alkyl carbamates (subject to hydrolysis) is 1. The van der Waals surface area contributed by atoms with E-state index in [9.17, 15) is 19.5 Å². The van der Waals surface area contributed by atoms with Crippen molar-refractivity contribution in [3.05, 3.63) is 35.9 Å². The summed E-state index contributed by atoms with van der Waals surface area (Å²) in [6.45, 7) is 7.32. The number of benzene rings is 1. The van der Waals surface area contributed by atoms with Crippen LogP contribution in [0.2, 0.25) is 0 Å². The summed E-state index contributed by atoms with van der Waals surface area (Å²) >= 11 is 0. The van der Waals surface area contributed by atoms with Crippen LogP contribution in [0.15, 0.2) is 30.3 Å². The highest BCUT2D eigenvalue weighted by Crippen LogP contribution is 2.07. The minimum Gasteiger partial charge on any atom is -0.445 e. The molecule has 168 valence electrons. The Morgan fingerprint density at radius 1 is 1.00 bits per heavy atom. The lowest BCUT2D eigenvalue weighted by atomic mass is 10.0. The van der Waals surface area contributed by atoms with Gasteiger partial charge in [-0.2, -0.15) is 0 Å². The van der Waals surface area contributed by atoms with E-state index >= 15 is 0 Å².